The first-order valence-electron chi connectivity index (χ1n) is 10.1. The van der Waals surface area contributed by atoms with Crippen LogP contribution < -0.4 is 15.2 Å². The standard InChI is InChI=1S/C22H23FN6O4/c1-15-11-16(18-9-10-28(24-18)14-32-13-23)7-8-20(15)33-12-17-19(5-4-6-21(17)31-3)29-22(30)27(2)25-26-29/h4-11H,12-14H2,1-3H3. The summed E-state index contributed by atoms with van der Waals surface area (Å²) in [5.74, 6) is 1.24. The Kier molecular flexibility index (Phi) is 6.50. The Bertz CT molecular complexity index is 1310. The van der Waals surface area contributed by atoms with Crippen LogP contribution >= 0.6 is 0 Å². The van der Waals surface area contributed by atoms with Gasteiger partial charge in [0.2, 0.25) is 0 Å². The lowest BCUT2D eigenvalue weighted by Crippen LogP contribution is -2.23. The highest BCUT2D eigenvalue weighted by Crippen LogP contribution is 2.29. The van der Waals surface area contributed by atoms with E-state index in [1.807, 2.05) is 31.2 Å². The number of methoxy groups -OCH3 is 1. The van der Waals surface area contributed by atoms with Crippen LogP contribution in [-0.4, -0.2) is 43.5 Å². The molecular formula is C22H23FN6O4. The number of hydrogen-bond donors (Lipinski definition) is 0. The lowest BCUT2D eigenvalue weighted by Gasteiger charge is -2.15. The first kappa shape index (κ1) is 22.2. The number of aryl methyl sites for hydroxylation is 2. The fraction of sp³-hybridized carbons (Fsp3) is 0.273. The average Bonchev–Trinajstić information content (AvgIpc) is 3.43. The maximum Gasteiger partial charge on any atom is 0.368 e. The summed E-state index contributed by atoms with van der Waals surface area (Å²) in [5, 5.41) is 12.1. The molecule has 2 aromatic heterocycles. The Morgan fingerprint density at radius 3 is 2.64 bits per heavy atom. The van der Waals surface area contributed by atoms with Crippen molar-refractivity contribution in [1.29, 1.82) is 0 Å². The summed E-state index contributed by atoms with van der Waals surface area (Å²) in [7, 11) is 3.09. The van der Waals surface area contributed by atoms with Crippen LogP contribution in [0.15, 0.2) is 53.5 Å². The van der Waals surface area contributed by atoms with E-state index in [0.717, 1.165) is 21.5 Å². The summed E-state index contributed by atoms with van der Waals surface area (Å²) in [5.41, 5.74) is 3.35. The van der Waals surface area contributed by atoms with E-state index in [1.54, 1.807) is 31.5 Å². The number of alkyl halides is 1. The number of tetrazole rings is 1. The van der Waals surface area contributed by atoms with Gasteiger partial charge in [0.1, 0.15) is 24.8 Å². The molecule has 0 unspecified atom stereocenters. The molecule has 11 heteroatoms. The molecule has 0 bridgehead atoms. The molecule has 4 rings (SSSR count). The lowest BCUT2D eigenvalue weighted by molar-refractivity contribution is 0.00851. The third-order valence-corrected chi connectivity index (χ3v) is 5.06. The van der Waals surface area contributed by atoms with Gasteiger partial charge in [0.15, 0.2) is 6.86 Å². The Balaban J connectivity index is 1.57. The molecule has 0 radical (unpaired) electrons. The fourth-order valence-corrected chi connectivity index (χ4v) is 3.39. The number of benzene rings is 2. The van der Waals surface area contributed by atoms with Crippen molar-refractivity contribution >= 4 is 0 Å². The normalized spacial score (nSPS) is 11.0. The predicted molar refractivity (Wildman–Crippen MR) is 117 cm³/mol. The summed E-state index contributed by atoms with van der Waals surface area (Å²) in [6, 6.07) is 12.9. The Morgan fingerprint density at radius 1 is 1.09 bits per heavy atom. The molecule has 4 aromatic rings. The number of ether oxygens (including phenoxy) is 3. The Hall–Kier alpha value is -3.99. The second-order valence-corrected chi connectivity index (χ2v) is 7.21. The van der Waals surface area contributed by atoms with Crippen LogP contribution in [0, 0.1) is 6.92 Å². The molecule has 2 heterocycles. The summed E-state index contributed by atoms with van der Waals surface area (Å²) in [6.45, 7) is 1.27. The van der Waals surface area contributed by atoms with Gasteiger partial charge in [-0.25, -0.2) is 13.9 Å². The third-order valence-electron chi connectivity index (χ3n) is 5.06. The fourth-order valence-electron chi connectivity index (χ4n) is 3.39. The lowest BCUT2D eigenvalue weighted by atomic mass is 10.1. The van der Waals surface area contributed by atoms with Gasteiger partial charge in [-0.2, -0.15) is 14.5 Å². The van der Waals surface area contributed by atoms with Gasteiger partial charge in [0, 0.05) is 18.8 Å². The molecule has 2 aromatic carbocycles. The summed E-state index contributed by atoms with van der Waals surface area (Å²) in [4.78, 5) is 12.4. The SMILES string of the molecule is COc1cccc(-n2nnn(C)c2=O)c1COc1ccc(-c2ccn(COCF)n2)cc1C. The molecule has 0 N–H and O–H groups in total. The zero-order chi connectivity index (χ0) is 23.4. The van der Waals surface area contributed by atoms with Crippen LogP contribution in [0.4, 0.5) is 4.39 Å². The van der Waals surface area contributed by atoms with Crippen molar-refractivity contribution in [2.45, 2.75) is 20.3 Å². The van der Waals surface area contributed by atoms with E-state index >= 15 is 0 Å². The van der Waals surface area contributed by atoms with E-state index in [1.165, 1.54) is 16.4 Å². The molecule has 0 spiro atoms. The van der Waals surface area contributed by atoms with Crippen LogP contribution in [0.2, 0.25) is 0 Å². The average molecular weight is 454 g/mol. The number of nitrogens with zero attached hydrogens (tertiary/aromatic N) is 6. The number of halogens is 1. The molecule has 172 valence electrons. The van der Waals surface area contributed by atoms with Crippen molar-refractivity contribution in [3.63, 3.8) is 0 Å². The zero-order valence-electron chi connectivity index (χ0n) is 18.4. The van der Waals surface area contributed by atoms with Gasteiger partial charge in [-0.1, -0.05) is 6.07 Å². The summed E-state index contributed by atoms with van der Waals surface area (Å²) < 4.78 is 32.4. The molecular weight excluding hydrogens is 431 g/mol. The van der Waals surface area contributed by atoms with Gasteiger partial charge in [-0.3, -0.25) is 0 Å². The van der Waals surface area contributed by atoms with Gasteiger partial charge < -0.3 is 14.2 Å². The van der Waals surface area contributed by atoms with Crippen molar-refractivity contribution in [3.8, 4) is 28.4 Å². The Labute approximate surface area is 188 Å². The van der Waals surface area contributed by atoms with Crippen molar-refractivity contribution in [1.82, 2.24) is 29.6 Å². The van der Waals surface area contributed by atoms with Gasteiger partial charge in [0.25, 0.3) is 0 Å². The van der Waals surface area contributed by atoms with E-state index < -0.39 is 6.86 Å². The molecule has 0 amide bonds. The molecule has 0 aliphatic heterocycles. The van der Waals surface area contributed by atoms with E-state index in [9.17, 15) is 9.18 Å². The maximum atomic E-state index is 12.4. The molecule has 0 saturated heterocycles. The number of hydrogen-bond acceptors (Lipinski definition) is 7. The molecule has 10 nitrogen and oxygen atoms in total. The number of rotatable bonds is 9. The summed E-state index contributed by atoms with van der Waals surface area (Å²) in [6.07, 6.45) is 1.72. The topological polar surface area (TPSA) is 98.2 Å². The van der Waals surface area contributed by atoms with E-state index in [-0.39, 0.29) is 19.0 Å². The highest BCUT2D eigenvalue weighted by Gasteiger charge is 2.16. The number of aromatic nitrogens is 6. The van der Waals surface area contributed by atoms with Crippen LogP contribution in [0.5, 0.6) is 11.5 Å². The largest absolute Gasteiger partial charge is 0.496 e. The van der Waals surface area contributed by atoms with Crippen LogP contribution in [0.25, 0.3) is 16.9 Å². The molecule has 0 fully saturated rings. The maximum absolute atomic E-state index is 12.4. The molecule has 33 heavy (non-hydrogen) atoms. The second-order valence-electron chi connectivity index (χ2n) is 7.21. The van der Waals surface area contributed by atoms with Gasteiger partial charge in [0.05, 0.1) is 24.1 Å². The van der Waals surface area contributed by atoms with Gasteiger partial charge in [-0.15, -0.1) is 0 Å². The summed E-state index contributed by atoms with van der Waals surface area (Å²) >= 11 is 0. The third kappa shape index (κ3) is 4.62. The monoisotopic (exact) mass is 454 g/mol. The Morgan fingerprint density at radius 2 is 1.94 bits per heavy atom. The zero-order valence-corrected chi connectivity index (χ0v) is 18.4. The highest BCUT2D eigenvalue weighted by atomic mass is 19.1. The first-order valence-corrected chi connectivity index (χ1v) is 10.1. The first-order chi connectivity index (χ1) is 16.0. The minimum Gasteiger partial charge on any atom is -0.496 e. The van der Waals surface area contributed by atoms with Crippen molar-refractivity contribution in [3.05, 3.63) is 70.3 Å². The van der Waals surface area contributed by atoms with Gasteiger partial charge >= 0.3 is 5.69 Å². The van der Waals surface area contributed by atoms with Crippen molar-refractivity contribution in [2.24, 2.45) is 7.05 Å². The molecule has 0 atom stereocenters. The molecule has 0 aliphatic rings. The van der Waals surface area contributed by atoms with Crippen molar-refractivity contribution < 1.29 is 18.6 Å². The minimum absolute atomic E-state index is 0.0484. The van der Waals surface area contributed by atoms with Crippen molar-refractivity contribution in [2.75, 3.05) is 14.0 Å². The second kappa shape index (κ2) is 9.65. The smallest absolute Gasteiger partial charge is 0.368 e. The van der Waals surface area contributed by atoms with Crippen LogP contribution in [-0.2, 0) is 25.1 Å². The van der Waals surface area contributed by atoms with E-state index in [4.69, 9.17) is 14.2 Å². The van der Waals surface area contributed by atoms with Crippen LogP contribution in [0.3, 0.4) is 0 Å². The minimum atomic E-state index is -0.861. The van der Waals surface area contributed by atoms with E-state index in [0.29, 0.717) is 22.7 Å². The molecule has 0 aliphatic carbocycles. The van der Waals surface area contributed by atoms with Crippen LogP contribution in [0.1, 0.15) is 11.1 Å². The highest BCUT2D eigenvalue weighted by molar-refractivity contribution is 5.61. The molecule has 0 saturated carbocycles. The van der Waals surface area contributed by atoms with Gasteiger partial charge in [-0.05, 0) is 59.3 Å². The predicted octanol–water partition coefficient (Wildman–Crippen LogP) is 2.63. The quantitative estimate of drug-likeness (QED) is 0.383. The van der Waals surface area contributed by atoms with E-state index in [2.05, 4.69) is 15.5 Å².